The van der Waals surface area contributed by atoms with Crippen LogP contribution in [0.25, 0.3) is 89.5 Å². The molecule has 0 amide bonds. The SMILES string of the molecule is Cc1cc(-c2ccc(-c3ccc4c(c3)oc3ccccc34)o2)cc(-c2cccc(-c3cc(-c4ccccc4)cc(-c4ccccc4O)n3)c2)n1. The van der Waals surface area contributed by atoms with Gasteiger partial charge < -0.3 is 13.9 Å². The molecule has 5 heteroatoms. The van der Waals surface area contributed by atoms with Gasteiger partial charge in [-0.25, -0.2) is 4.98 Å². The third kappa shape index (κ3) is 5.41. The van der Waals surface area contributed by atoms with E-state index in [9.17, 15) is 5.11 Å². The second-order valence-electron chi connectivity index (χ2n) is 12.4. The molecule has 0 aliphatic rings. The molecular formula is C45H30N2O3. The van der Waals surface area contributed by atoms with E-state index >= 15 is 0 Å². The standard InChI is InChI=1S/C45H30N2O3/c1-28-22-34(43-21-20-42(49-43)32-18-19-36-35-14-6-8-17-44(35)50-45(36)27-32)26-38(46-28)30-12-9-13-31(23-30)39-24-33(29-10-3-2-4-11-29)25-40(47-39)37-15-5-7-16-41(37)48/h2-27,48H,1H3. The third-order valence-electron chi connectivity index (χ3n) is 9.07. The highest BCUT2D eigenvalue weighted by atomic mass is 16.3. The lowest BCUT2D eigenvalue weighted by atomic mass is 9.98. The van der Waals surface area contributed by atoms with E-state index in [-0.39, 0.29) is 5.75 Å². The molecule has 50 heavy (non-hydrogen) atoms. The van der Waals surface area contributed by atoms with Gasteiger partial charge in [0.1, 0.15) is 28.4 Å². The summed E-state index contributed by atoms with van der Waals surface area (Å²) in [7, 11) is 0. The molecule has 0 radical (unpaired) electrons. The van der Waals surface area contributed by atoms with Crippen LogP contribution in [0.2, 0.25) is 0 Å². The number of hydrogen-bond acceptors (Lipinski definition) is 5. The lowest BCUT2D eigenvalue weighted by Crippen LogP contribution is -1.93. The molecule has 0 spiro atoms. The zero-order valence-electron chi connectivity index (χ0n) is 27.2. The molecule has 0 unspecified atom stereocenters. The molecule has 0 saturated carbocycles. The monoisotopic (exact) mass is 646 g/mol. The Balaban J connectivity index is 1.08. The van der Waals surface area contributed by atoms with Gasteiger partial charge in [-0.05, 0) is 90.8 Å². The first kappa shape index (κ1) is 29.4. The molecule has 0 aliphatic carbocycles. The Morgan fingerprint density at radius 2 is 1.08 bits per heavy atom. The summed E-state index contributed by atoms with van der Waals surface area (Å²) in [5.74, 6) is 1.72. The summed E-state index contributed by atoms with van der Waals surface area (Å²) >= 11 is 0. The number of pyridine rings is 2. The van der Waals surface area contributed by atoms with Crippen molar-refractivity contribution in [1.82, 2.24) is 9.97 Å². The van der Waals surface area contributed by atoms with E-state index in [1.54, 1.807) is 6.07 Å². The van der Waals surface area contributed by atoms with E-state index in [0.29, 0.717) is 11.3 Å². The number of aromatic hydroxyl groups is 1. The Kier molecular flexibility index (Phi) is 7.10. The molecule has 0 atom stereocenters. The van der Waals surface area contributed by atoms with Gasteiger partial charge in [-0.2, -0.15) is 0 Å². The number of phenols is 1. The quantitative estimate of drug-likeness (QED) is 0.195. The van der Waals surface area contributed by atoms with E-state index in [1.807, 2.05) is 97.9 Å². The van der Waals surface area contributed by atoms with Crippen LogP contribution in [0.3, 0.4) is 0 Å². The summed E-state index contributed by atoms with van der Waals surface area (Å²) in [6, 6.07) is 52.3. The Morgan fingerprint density at radius 3 is 1.92 bits per heavy atom. The van der Waals surface area contributed by atoms with Gasteiger partial charge in [0, 0.05) is 44.3 Å². The Morgan fingerprint density at radius 1 is 0.420 bits per heavy atom. The van der Waals surface area contributed by atoms with Crippen molar-refractivity contribution in [2.24, 2.45) is 0 Å². The van der Waals surface area contributed by atoms with Gasteiger partial charge in [0.2, 0.25) is 0 Å². The van der Waals surface area contributed by atoms with Crippen molar-refractivity contribution in [3.05, 3.63) is 163 Å². The maximum atomic E-state index is 10.7. The molecule has 5 nitrogen and oxygen atoms in total. The third-order valence-corrected chi connectivity index (χ3v) is 9.07. The molecule has 5 aromatic carbocycles. The van der Waals surface area contributed by atoms with E-state index in [4.69, 9.17) is 18.8 Å². The van der Waals surface area contributed by atoms with E-state index in [1.165, 1.54) is 0 Å². The van der Waals surface area contributed by atoms with Crippen LogP contribution in [0, 0.1) is 6.92 Å². The largest absolute Gasteiger partial charge is 0.507 e. The molecule has 9 rings (SSSR count). The number of rotatable bonds is 6. The molecule has 4 aromatic heterocycles. The minimum absolute atomic E-state index is 0.192. The zero-order chi connectivity index (χ0) is 33.6. The summed E-state index contributed by atoms with van der Waals surface area (Å²) in [5.41, 5.74) is 11.5. The lowest BCUT2D eigenvalue weighted by molar-refractivity contribution is 0.477. The molecule has 1 N–H and O–H groups in total. The van der Waals surface area contributed by atoms with Gasteiger partial charge in [0.25, 0.3) is 0 Å². The number of benzene rings is 5. The number of nitrogens with zero attached hydrogens (tertiary/aromatic N) is 2. The average Bonchev–Trinajstić information content (AvgIpc) is 3.81. The van der Waals surface area contributed by atoms with Crippen LogP contribution in [0.5, 0.6) is 5.75 Å². The summed E-state index contributed by atoms with van der Waals surface area (Å²) in [6.07, 6.45) is 0. The van der Waals surface area contributed by atoms with Gasteiger partial charge in [-0.1, -0.05) is 84.9 Å². The fourth-order valence-corrected chi connectivity index (χ4v) is 6.63. The average molecular weight is 647 g/mol. The van der Waals surface area contributed by atoms with E-state index < -0.39 is 0 Å². The van der Waals surface area contributed by atoms with Crippen LogP contribution in [-0.4, -0.2) is 15.1 Å². The van der Waals surface area contributed by atoms with Gasteiger partial charge in [0.05, 0.1) is 17.1 Å². The van der Waals surface area contributed by atoms with Crippen LogP contribution in [-0.2, 0) is 0 Å². The fraction of sp³-hybridized carbons (Fsp3) is 0.0222. The number of fused-ring (bicyclic) bond motifs is 3. The van der Waals surface area contributed by atoms with Gasteiger partial charge in [0.15, 0.2) is 0 Å². The zero-order valence-corrected chi connectivity index (χ0v) is 27.2. The second kappa shape index (κ2) is 12.1. The van der Waals surface area contributed by atoms with Crippen molar-refractivity contribution < 1.29 is 13.9 Å². The number of aryl methyl sites for hydroxylation is 1. The molecular weight excluding hydrogens is 617 g/mol. The molecule has 4 heterocycles. The first-order valence-electron chi connectivity index (χ1n) is 16.5. The maximum Gasteiger partial charge on any atom is 0.136 e. The molecule has 0 bridgehead atoms. The van der Waals surface area contributed by atoms with Gasteiger partial charge in [-0.15, -0.1) is 0 Å². The van der Waals surface area contributed by atoms with Crippen molar-refractivity contribution in [2.45, 2.75) is 6.92 Å². The first-order valence-corrected chi connectivity index (χ1v) is 16.5. The highest BCUT2D eigenvalue weighted by Gasteiger charge is 2.15. The van der Waals surface area contributed by atoms with Gasteiger partial charge in [-0.3, -0.25) is 4.98 Å². The number of aromatic nitrogens is 2. The molecule has 238 valence electrons. The van der Waals surface area contributed by atoms with Crippen molar-refractivity contribution in [2.75, 3.05) is 0 Å². The molecule has 9 aromatic rings. The predicted octanol–water partition coefficient (Wildman–Crippen LogP) is 12.0. The van der Waals surface area contributed by atoms with Crippen LogP contribution in [0.1, 0.15) is 5.69 Å². The summed E-state index contributed by atoms with van der Waals surface area (Å²) in [6.45, 7) is 2.00. The molecule has 0 saturated heterocycles. The highest BCUT2D eigenvalue weighted by molar-refractivity contribution is 6.05. The Bertz CT molecular complexity index is 2690. The fourth-order valence-electron chi connectivity index (χ4n) is 6.63. The summed E-state index contributed by atoms with van der Waals surface area (Å²) in [4.78, 5) is 9.96. The smallest absolute Gasteiger partial charge is 0.136 e. The maximum absolute atomic E-state index is 10.7. The van der Waals surface area contributed by atoms with Crippen LogP contribution in [0.15, 0.2) is 167 Å². The van der Waals surface area contributed by atoms with Gasteiger partial charge >= 0.3 is 0 Å². The normalized spacial score (nSPS) is 11.4. The Hall–Kier alpha value is -6.72. The van der Waals surface area contributed by atoms with Crippen LogP contribution >= 0.6 is 0 Å². The highest BCUT2D eigenvalue weighted by Crippen LogP contribution is 2.37. The predicted molar refractivity (Wildman–Crippen MR) is 201 cm³/mol. The minimum Gasteiger partial charge on any atom is -0.507 e. The van der Waals surface area contributed by atoms with Crippen LogP contribution in [0.4, 0.5) is 0 Å². The topological polar surface area (TPSA) is 72.3 Å². The van der Waals surface area contributed by atoms with Crippen molar-refractivity contribution in [3.63, 3.8) is 0 Å². The minimum atomic E-state index is 0.192. The lowest BCUT2D eigenvalue weighted by Gasteiger charge is -2.12. The molecule has 0 aliphatic heterocycles. The number of para-hydroxylation sites is 2. The first-order chi connectivity index (χ1) is 24.6. The van der Waals surface area contributed by atoms with Crippen molar-refractivity contribution >= 4 is 21.9 Å². The number of phenolic OH excluding ortho intramolecular Hbond substituents is 1. The summed E-state index contributed by atoms with van der Waals surface area (Å²) in [5, 5.41) is 12.9. The van der Waals surface area contributed by atoms with Crippen molar-refractivity contribution in [1.29, 1.82) is 0 Å². The Labute approximate surface area is 288 Å². The van der Waals surface area contributed by atoms with E-state index in [0.717, 1.165) is 83.9 Å². The second-order valence-corrected chi connectivity index (χ2v) is 12.4. The number of hydrogen-bond donors (Lipinski definition) is 1. The number of furan rings is 2. The summed E-state index contributed by atoms with van der Waals surface area (Å²) < 4.78 is 12.6. The van der Waals surface area contributed by atoms with E-state index in [2.05, 4.69) is 60.7 Å². The van der Waals surface area contributed by atoms with Crippen molar-refractivity contribution in [3.8, 4) is 73.3 Å². The van der Waals surface area contributed by atoms with Crippen LogP contribution < -0.4 is 0 Å². The molecule has 0 fully saturated rings.